The minimum Gasteiger partial charge on any atom is -0.389 e. The molecule has 0 aromatic heterocycles. The molecule has 2 aliphatic heterocycles. The Bertz CT molecular complexity index is 608. The molecule has 0 bridgehead atoms. The standard InChI is InChI=1S/C22H34N2O4/c1-22(2,18-7-4-3-5-8-18)21(26)24-12-10-23(11-13-24)15-19(25)16-27-17-20-9-6-14-28-20/h3-5,7-8,19-20,25H,6,9-17H2,1-2H3. The smallest absolute Gasteiger partial charge is 0.232 e. The zero-order valence-corrected chi connectivity index (χ0v) is 17.2. The molecule has 2 atom stereocenters. The molecule has 2 aliphatic rings. The maximum Gasteiger partial charge on any atom is 0.232 e. The van der Waals surface area contributed by atoms with E-state index in [-0.39, 0.29) is 12.0 Å². The second-order valence-corrected chi connectivity index (χ2v) is 8.41. The lowest BCUT2D eigenvalue weighted by molar-refractivity contribution is -0.138. The van der Waals surface area contributed by atoms with Crippen LogP contribution in [0.1, 0.15) is 32.3 Å². The van der Waals surface area contributed by atoms with Crippen molar-refractivity contribution in [3.05, 3.63) is 35.9 Å². The number of rotatable bonds is 8. The molecule has 2 heterocycles. The van der Waals surface area contributed by atoms with E-state index in [1.54, 1.807) is 0 Å². The fraction of sp³-hybridized carbons (Fsp3) is 0.682. The van der Waals surface area contributed by atoms with Crippen LogP contribution in [0.4, 0.5) is 0 Å². The van der Waals surface area contributed by atoms with Crippen LogP contribution in [0, 0.1) is 0 Å². The molecule has 0 saturated carbocycles. The van der Waals surface area contributed by atoms with Crippen LogP contribution in [-0.4, -0.2) is 85.6 Å². The highest BCUT2D eigenvalue weighted by Gasteiger charge is 2.35. The van der Waals surface area contributed by atoms with Gasteiger partial charge >= 0.3 is 0 Å². The summed E-state index contributed by atoms with van der Waals surface area (Å²) in [5.74, 6) is 0.166. The molecule has 0 spiro atoms. The van der Waals surface area contributed by atoms with E-state index >= 15 is 0 Å². The Hall–Kier alpha value is -1.47. The number of β-amino-alcohol motifs (C(OH)–C–C–N with tert-alkyl or cyclic N) is 1. The van der Waals surface area contributed by atoms with Gasteiger partial charge in [-0.3, -0.25) is 9.69 Å². The summed E-state index contributed by atoms with van der Waals surface area (Å²) in [5.41, 5.74) is 0.514. The summed E-state index contributed by atoms with van der Waals surface area (Å²) in [6.45, 7) is 9.22. The minimum absolute atomic E-state index is 0.166. The molecule has 2 unspecified atom stereocenters. The van der Waals surface area contributed by atoms with Crippen LogP contribution in [0.3, 0.4) is 0 Å². The largest absolute Gasteiger partial charge is 0.389 e. The number of aliphatic hydroxyl groups excluding tert-OH is 1. The van der Waals surface area contributed by atoms with E-state index in [9.17, 15) is 9.90 Å². The van der Waals surface area contributed by atoms with Gasteiger partial charge in [-0.1, -0.05) is 30.3 Å². The monoisotopic (exact) mass is 390 g/mol. The molecule has 2 saturated heterocycles. The normalized spacial score (nSPS) is 22.4. The summed E-state index contributed by atoms with van der Waals surface area (Å²) in [4.78, 5) is 17.2. The predicted octanol–water partition coefficient (Wildman–Crippen LogP) is 1.66. The lowest BCUT2D eigenvalue weighted by Crippen LogP contribution is -2.54. The summed E-state index contributed by atoms with van der Waals surface area (Å²) in [6.07, 6.45) is 1.82. The summed E-state index contributed by atoms with van der Waals surface area (Å²) >= 11 is 0. The van der Waals surface area contributed by atoms with Crippen LogP contribution in [0.2, 0.25) is 0 Å². The number of benzene rings is 1. The molecule has 0 aliphatic carbocycles. The topological polar surface area (TPSA) is 62.2 Å². The molecule has 1 aromatic rings. The van der Waals surface area contributed by atoms with Gasteiger partial charge < -0.3 is 19.5 Å². The number of piperazine rings is 1. The number of carbonyl (C=O) groups excluding carboxylic acids is 1. The lowest BCUT2D eigenvalue weighted by atomic mass is 9.83. The van der Waals surface area contributed by atoms with E-state index in [2.05, 4.69) is 4.90 Å². The highest BCUT2D eigenvalue weighted by molar-refractivity contribution is 5.87. The van der Waals surface area contributed by atoms with Gasteiger partial charge in [0, 0.05) is 39.3 Å². The first-order chi connectivity index (χ1) is 13.5. The first-order valence-electron chi connectivity index (χ1n) is 10.4. The second-order valence-electron chi connectivity index (χ2n) is 8.41. The maximum absolute atomic E-state index is 13.0. The number of ether oxygens (including phenoxy) is 2. The first-order valence-corrected chi connectivity index (χ1v) is 10.4. The third-order valence-electron chi connectivity index (χ3n) is 5.80. The number of amides is 1. The average Bonchev–Trinajstić information content (AvgIpc) is 3.22. The van der Waals surface area contributed by atoms with Crippen LogP contribution in [0.15, 0.2) is 30.3 Å². The number of nitrogens with zero attached hydrogens (tertiary/aromatic N) is 2. The van der Waals surface area contributed by atoms with Crippen molar-refractivity contribution in [3.63, 3.8) is 0 Å². The Labute approximate surface area is 168 Å². The van der Waals surface area contributed by atoms with E-state index < -0.39 is 11.5 Å². The van der Waals surface area contributed by atoms with Crippen molar-refractivity contribution >= 4 is 5.91 Å². The van der Waals surface area contributed by atoms with Crippen molar-refractivity contribution < 1.29 is 19.4 Å². The molecular formula is C22H34N2O4. The van der Waals surface area contributed by atoms with Crippen LogP contribution in [-0.2, 0) is 19.7 Å². The molecule has 0 radical (unpaired) electrons. The summed E-state index contributed by atoms with van der Waals surface area (Å²) < 4.78 is 11.1. The highest BCUT2D eigenvalue weighted by Crippen LogP contribution is 2.26. The van der Waals surface area contributed by atoms with E-state index in [0.717, 1.165) is 38.1 Å². The van der Waals surface area contributed by atoms with Crippen molar-refractivity contribution in [1.82, 2.24) is 9.80 Å². The zero-order valence-electron chi connectivity index (χ0n) is 17.2. The first kappa shape index (κ1) is 21.2. The van der Waals surface area contributed by atoms with Gasteiger partial charge in [-0.2, -0.15) is 0 Å². The van der Waals surface area contributed by atoms with Crippen LogP contribution in [0.5, 0.6) is 0 Å². The van der Waals surface area contributed by atoms with Crippen molar-refractivity contribution in [2.45, 2.75) is 44.3 Å². The Morgan fingerprint density at radius 3 is 2.61 bits per heavy atom. The Morgan fingerprint density at radius 1 is 1.25 bits per heavy atom. The van der Waals surface area contributed by atoms with Gasteiger partial charge in [0.1, 0.15) is 0 Å². The van der Waals surface area contributed by atoms with Gasteiger partial charge in [-0.05, 0) is 32.3 Å². The van der Waals surface area contributed by atoms with Crippen molar-refractivity contribution in [2.75, 3.05) is 52.5 Å². The molecule has 1 N–H and O–H groups in total. The minimum atomic E-state index is -0.529. The van der Waals surface area contributed by atoms with Gasteiger partial charge in [0.05, 0.1) is 30.8 Å². The molecule has 1 aromatic carbocycles. The van der Waals surface area contributed by atoms with Crippen molar-refractivity contribution in [2.24, 2.45) is 0 Å². The van der Waals surface area contributed by atoms with Crippen molar-refractivity contribution in [3.8, 4) is 0 Å². The Morgan fingerprint density at radius 2 is 1.96 bits per heavy atom. The summed E-state index contributed by atoms with van der Waals surface area (Å²) in [5, 5.41) is 10.2. The lowest BCUT2D eigenvalue weighted by Gasteiger charge is -2.39. The molecular weight excluding hydrogens is 356 g/mol. The summed E-state index contributed by atoms with van der Waals surface area (Å²) in [7, 11) is 0. The Kier molecular flexibility index (Phi) is 7.46. The Balaban J connectivity index is 1.39. The molecule has 156 valence electrons. The number of hydrogen-bond donors (Lipinski definition) is 1. The number of hydrogen-bond acceptors (Lipinski definition) is 5. The van der Waals surface area contributed by atoms with E-state index in [1.807, 2.05) is 49.1 Å². The van der Waals surface area contributed by atoms with Crippen LogP contribution in [0.25, 0.3) is 0 Å². The quantitative estimate of drug-likeness (QED) is 0.732. The van der Waals surface area contributed by atoms with Gasteiger partial charge in [0.25, 0.3) is 0 Å². The van der Waals surface area contributed by atoms with E-state index in [0.29, 0.717) is 32.8 Å². The fourth-order valence-corrected chi connectivity index (χ4v) is 3.97. The van der Waals surface area contributed by atoms with Gasteiger partial charge in [-0.25, -0.2) is 0 Å². The summed E-state index contributed by atoms with van der Waals surface area (Å²) in [6, 6.07) is 9.95. The molecule has 6 nitrogen and oxygen atoms in total. The van der Waals surface area contributed by atoms with Gasteiger partial charge in [0.2, 0.25) is 5.91 Å². The second kappa shape index (κ2) is 9.83. The van der Waals surface area contributed by atoms with Crippen LogP contribution >= 0.6 is 0 Å². The molecule has 3 rings (SSSR count). The predicted molar refractivity (Wildman–Crippen MR) is 108 cm³/mol. The highest BCUT2D eigenvalue weighted by atomic mass is 16.5. The molecule has 2 fully saturated rings. The number of carbonyl (C=O) groups is 1. The maximum atomic E-state index is 13.0. The SMILES string of the molecule is CC(C)(C(=O)N1CCN(CC(O)COCC2CCCO2)CC1)c1ccccc1. The van der Waals surface area contributed by atoms with E-state index in [1.165, 1.54) is 0 Å². The van der Waals surface area contributed by atoms with E-state index in [4.69, 9.17) is 9.47 Å². The molecule has 28 heavy (non-hydrogen) atoms. The zero-order chi connectivity index (χ0) is 20.0. The van der Waals surface area contributed by atoms with Crippen molar-refractivity contribution in [1.29, 1.82) is 0 Å². The third-order valence-corrected chi connectivity index (χ3v) is 5.80. The van der Waals surface area contributed by atoms with Gasteiger partial charge in [-0.15, -0.1) is 0 Å². The fourth-order valence-electron chi connectivity index (χ4n) is 3.97. The molecule has 6 heteroatoms. The van der Waals surface area contributed by atoms with Gasteiger partial charge in [0.15, 0.2) is 0 Å². The average molecular weight is 391 g/mol. The number of aliphatic hydroxyl groups is 1. The third kappa shape index (κ3) is 5.54. The molecule has 1 amide bonds. The van der Waals surface area contributed by atoms with Crippen LogP contribution < -0.4 is 0 Å².